The first-order valence-electron chi connectivity index (χ1n) is 6.04. The summed E-state index contributed by atoms with van der Waals surface area (Å²) in [6.07, 6.45) is 1.86. The maximum atomic E-state index is 12.0. The van der Waals surface area contributed by atoms with Crippen LogP contribution in [-0.2, 0) is 20.8 Å². The number of carbonyl (C=O) groups excluding carboxylic acids is 1. The Labute approximate surface area is 112 Å². The van der Waals surface area contributed by atoms with Crippen molar-refractivity contribution < 1.29 is 19.5 Å². The number of rotatable bonds is 6. The number of phenols is 1. The van der Waals surface area contributed by atoms with Crippen molar-refractivity contribution in [2.45, 2.75) is 20.3 Å². The molecule has 0 radical (unpaired) electrons. The summed E-state index contributed by atoms with van der Waals surface area (Å²) < 4.78 is 5.06. The molecule has 1 N–H and O–H groups in total. The molecule has 5 nitrogen and oxygen atoms in total. The number of hydrogen-bond acceptors (Lipinski definition) is 5. The highest BCUT2D eigenvalue weighted by Crippen LogP contribution is 2.24. The van der Waals surface area contributed by atoms with Gasteiger partial charge in [-0.2, -0.15) is 0 Å². The number of phenolic OH excluding ortho intramolecular Hbond substituents is 1. The second-order valence-electron chi connectivity index (χ2n) is 4.40. The van der Waals surface area contributed by atoms with Gasteiger partial charge >= 0.3 is 5.97 Å². The van der Waals surface area contributed by atoms with Gasteiger partial charge in [0.2, 0.25) is 0 Å². The number of oxime groups is 1. The van der Waals surface area contributed by atoms with Gasteiger partial charge in [0.05, 0.1) is 12.8 Å². The SMILES string of the molecule is CCOC(=O)C(C)(C=NOC)Cc1ccc(O)cc1. The summed E-state index contributed by atoms with van der Waals surface area (Å²) in [4.78, 5) is 16.7. The van der Waals surface area contributed by atoms with Crippen molar-refractivity contribution in [3.05, 3.63) is 29.8 Å². The molecule has 0 spiro atoms. The lowest BCUT2D eigenvalue weighted by molar-refractivity contribution is -0.150. The molecule has 0 aliphatic carbocycles. The van der Waals surface area contributed by atoms with Crippen LogP contribution < -0.4 is 0 Å². The second kappa shape index (κ2) is 6.78. The molecule has 19 heavy (non-hydrogen) atoms. The van der Waals surface area contributed by atoms with Crippen LogP contribution in [0.3, 0.4) is 0 Å². The van der Waals surface area contributed by atoms with Crippen molar-refractivity contribution in [1.29, 1.82) is 0 Å². The molecule has 5 heteroatoms. The molecule has 1 aromatic rings. The van der Waals surface area contributed by atoms with Gasteiger partial charge in [-0.05, 0) is 38.0 Å². The maximum Gasteiger partial charge on any atom is 0.317 e. The zero-order valence-electron chi connectivity index (χ0n) is 11.4. The average molecular weight is 265 g/mol. The minimum Gasteiger partial charge on any atom is -0.508 e. The molecule has 0 aliphatic heterocycles. The van der Waals surface area contributed by atoms with Gasteiger partial charge in [0.15, 0.2) is 0 Å². The van der Waals surface area contributed by atoms with Crippen LogP contribution in [0.15, 0.2) is 29.4 Å². The summed E-state index contributed by atoms with van der Waals surface area (Å²) in [6.45, 7) is 3.80. The molecule has 1 aromatic carbocycles. The predicted octanol–water partition coefficient (Wildman–Crippen LogP) is 2.14. The first kappa shape index (κ1) is 15.0. The number of ether oxygens (including phenoxy) is 1. The Morgan fingerprint density at radius 3 is 2.58 bits per heavy atom. The smallest absolute Gasteiger partial charge is 0.317 e. The van der Waals surface area contributed by atoms with Gasteiger partial charge < -0.3 is 14.7 Å². The topological polar surface area (TPSA) is 68.1 Å². The molecule has 0 bridgehead atoms. The lowest BCUT2D eigenvalue weighted by Crippen LogP contribution is -2.34. The van der Waals surface area contributed by atoms with Gasteiger partial charge in [-0.3, -0.25) is 4.79 Å². The molecular weight excluding hydrogens is 246 g/mol. The van der Waals surface area contributed by atoms with Gasteiger partial charge in [-0.1, -0.05) is 17.3 Å². The Kier molecular flexibility index (Phi) is 5.36. The first-order valence-corrected chi connectivity index (χ1v) is 6.04. The summed E-state index contributed by atoms with van der Waals surface area (Å²) in [5, 5.41) is 12.9. The van der Waals surface area contributed by atoms with Gasteiger partial charge in [-0.25, -0.2) is 0 Å². The standard InChI is InChI=1S/C14H19NO4/c1-4-19-13(17)14(2,10-15-18-3)9-11-5-7-12(16)8-6-11/h5-8,10,16H,4,9H2,1-3H3. The van der Waals surface area contributed by atoms with Crippen molar-refractivity contribution in [2.75, 3.05) is 13.7 Å². The van der Waals surface area contributed by atoms with Crippen LogP contribution in [0.2, 0.25) is 0 Å². The van der Waals surface area contributed by atoms with Crippen LogP contribution in [0, 0.1) is 5.41 Å². The number of hydrogen-bond donors (Lipinski definition) is 1. The highest BCUT2D eigenvalue weighted by Gasteiger charge is 2.33. The molecule has 104 valence electrons. The van der Waals surface area contributed by atoms with E-state index in [1.165, 1.54) is 13.3 Å². The molecule has 1 unspecified atom stereocenters. The van der Waals surface area contributed by atoms with Gasteiger partial charge in [0.1, 0.15) is 18.3 Å². The van der Waals surface area contributed by atoms with Crippen molar-refractivity contribution in [3.63, 3.8) is 0 Å². The molecule has 0 fully saturated rings. The molecule has 0 saturated heterocycles. The van der Waals surface area contributed by atoms with Crippen molar-refractivity contribution in [1.82, 2.24) is 0 Å². The van der Waals surface area contributed by atoms with Crippen LogP contribution in [0.4, 0.5) is 0 Å². The van der Waals surface area contributed by atoms with E-state index in [4.69, 9.17) is 4.74 Å². The molecule has 0 amide bonds. The molecule has 1 atom stereocenters. The average Bonchev–Trinajstić information content (AvgIpc) is 2.39. The van der Waals surface area contributed by atoms with E-state index in [1.54, 1.807) is 38.1 Å². The molecule has 0 aromatic heterocycles. The van der Waals surface area contributed by atoms with Crippen LogP contribution in [-0.4, -0.2) is 31.0 Å². The minimum atomic E-state index is -0.900. The fourth-order valence-electron chi connectivity index (χ4n) is 1.67. The zero-order valence-corrected chi connectivity index (χ0v) is 11.4. The third-order valence-electron chi connectivity index (χ3n) is 2.69. The van der Waals surface area contributed by atoms with Crippen LogP contribution in [0.5, 0.6) is 5.75 Å². The Balaban J connectivity index is 2.93. The summed E-state index contributed by atoms with van der Waals surface area (Å²) in [6, 6.07) is 6.67. The normalized spacial score (nSPS) is 14.1. The van der Waals surface area contributed by atoms with E-state index in [0.29, 0.717) is 13.0 Å². The summed E-state index contributed by atoms with van der Waals surface area (Å²) >= 11 is 0. The van der Waals surface area contributed by atoms with E-state index in [0.717, 1.165) is 5.56 Å². The van der Waals surface area contributed by atoms with Crippen LogP contribution >= 0.6 is 0 Å². The minimum absolute atomic E-state index is 0.187. The Morgan fingerprint density at radius 1 is 1.42 bits per heavy atom. The van der Waals surface area contributed by atoms with Crippen LogP contribution in [0.1, 0.15) is 19.4 Å². The Bertz CT molecular complexity index is 441. The number of esters is 1. The quantitative estimate of drug-likeness (QED) is 0.486. The number of nitrogens with zero attached hydrogens (tertiary/aromatic N) is 1. The lowest BCUT2D eigenvalue weighted by Gasteiger charge is -2.22. The Morgan fingerprint density at radius 2 is 2.05 bits per heavy atom. The highest BCUT2D eigenvalue weighted by molar-refractivity contribution is 5.94. The van der Waals surface area contributed by atoms with E-state index in [-0.39, 0.29) is 11.7 Å². The third-order valence-corrected chi connectivity index (χ3v) is 2.69. The fourth-order valence-corrected chi connectivity index (χ4v) is 1.67. The monoisotopic (exact) mass is 265 g/mol. The van der Waals surface area contributed by atoms with Crippen molar-refractivity contribution in [3.8, 4) is 5.75 Å². The van der Waals surface area contributed by atoms with Gasteiger partial charge in [0, 0.05) is 0 Å². The number of carbonyl (C=O) groups is 1. The van der Waals surface area contributed by atoms with Gasteiger partial charge in [0.25, 0.3) is 0 Å². The van der Waals surface area contributed by atoms with E-state index in [9.17, 15) is 9.90 Å². The van der Waals surface area contributed by atoms with Crippen molar-refractivity contribution >= 4 is 12.2 Å². The molecule has 0 saturated carbocycles. The van der Waals surface area contributed by atoms with E-state index < -0.39 is 5.41 Å². The molecule has 0 heterocycles. The molecular formula is C14H19NO4. The van der Waals surface area contributed by atoms with E-state index >= 15 is 0 Å². The van der Waals surface area contributed by atoms with Crippen LogP contribution in [0.25, 0.3) is 0 Å². The predicted molar refractivity (Wildman–Crippen MR) is 72.1 cm³/mol. The second-order valence-corrected chi connectivity index (χ2v) is 4.40. The zero-order chi connectivity index (χ0) is 14.3. The van der Waals surface area contributed by atoms with Crippen molar-refractivity contribution in [2.24, 2.45) is 10.6 Å². The highest BCUT2D eigenvalue weighted by atomic mass is 16.6. The maximum absolute atomic E-state index is 12.0. The Hall–Kier alpha value is -2.04. The van der Waals surface area contributed by atoms with Gasteiger partial charge in [-0.15, -0.1) is 0 Å². The molecule has 1 rings (SSSR count). The third kappa shape index (κ3) is 4.28. The van der Waals surface area contributed by atoms with E-state index in [2.05, 4.69) is 9.99 Å². The summed E-state index contributed by atoms with van der Waals surface area (Å²) in [5.41, 5.74) is -0.000822. The lowest BCUT2D eigenvalue weighted by atomic mass is 9.85. The summed E-state index contributed by atoms with van der Waals surface area (Å²) in [7, 11) is 1.42. The first-order chi connectivity index (χ1) is 9.01. The molecule has 0 aliphatic rings. The number of benzene rings is 1. The number of aromatic hydroxyl groups is 1. The summed E-state index contributed by atoms with van der Waals surface area (Å²) in [5.74, 6) is -0.170. The van der Waals surface area contributed by atoms with E-state index in [1.807, 2.05) is 0 Å². The largest absolute Gasteiger partial charge is 0.508 e. The fraction of sp³-hybridized carbons (Fsp3) is 0.429.